The number of carbonyl (C=O) groups is 3. The van der Waals surface area contributed by atoms with Crippen molar-refractivity contribution in [3.63, 3.8) is 0 Å². The highest BCUT2D eigenvalue weighted by atomic mass is 16.4. The van der Waals surface area contributed by atoms with Gasteiger partial charge in [0.15, 0.2) is 0 Å². The summed E-state index contributed by atoms with van der Waals surface area (Å²) in [6.45, 7) is 6.61. The van der Waals surface area contributed by atoms with Crippen LogP contribution in [0.2, 0.25) is 0 Å². The highest BCUT2D eigenvalue weighted by Crippen LogP contribution is 1.75. The lowest BCUT2D eigenvalue weighted by Crippen LogP contribution is -1.83. The number of carboxylic acid groups (broad SMARTS) is 3. The molecule has 0 unspecified atom stereocenters. The fourth-order valence-corrected chi connectivity index (χ4v) is 0.498. The quantitative estimate of drug-likeness (QED) is 0.531. The number of hydrogen-bond acceptors (Lipinski definition) is 3. The van der Waals surface area contributed by atoms with Gasteiger partial charge in [-0.1, -0.05) is 43.0 Å². The normalized spacial score (nSPS) is 10.0. The summed E-state index contributed by atoms with van der Waals surface area (Å²) in [5.41, 5.74) is 0. The summed E-state index contributed by atoms with van der Waals surface area (Å²) >= 11 is 0. The first kappa shape index (κ1) is 23.2. The van der Waals surface area contributed by atoms with E-state index in [1.807, 2.05) is 13.8 Å². The summed E-state index contributed by atoms with van der Waals surface area (Å²) in [5, 5.41) is 23.6. The van der Waals surface area contributed by atoms with Gasteiger partial charge in [0.2, 0.25) is 0 Å². The maximum atomic E-state index is 9.75. The second kappa shape index (κ2) is 19.4. The molecule has 0 saturated heterocycles. The molecule has 0 fully saturated rings. The van der Waals surface area contributed by atoms with Crippen molar-refractivity contribution in [2.24, 2.45) is 0 Å². The van der Waals surface area contributed by atoms with Gasteiger partial charge in [-0.15, -0.1) is 0 Å². The van der Waals surface area contributed by atoms with Crippen LogP contribution in [0.1, 0.15) is 13.8 Å². The molecule has 6 heteroatoms. The van der Waals surface area contributed by atoms with E-state index in [1.165, 1.54) is 12.2 Å². The van der Waals surface area contributed by atoms with Crippen LogP contribution < -0.4 is 0 Å². The van der Waals surface area contributed by atoms with E-state index in [2.05, 4.69) is 6.58 Å². The number of rotatable bonds is 5. The average Bonchev–Trinajstić information content (AvgIpc) is 2.40. The predicted molar refractivity (Wildman–Crippen MR) is 81.0 cm³/mol. The molecular weight excluding hydrogens is 276 g/mol. The topological polar surface area (TPSA) is 112 Å². The van der Waals surface area contributed by atoms with Crippen molar-refractivity contribution in [3.05, 3.63) is 61.3 Å². The van der Waals surface area contributed by atoms with Gasteiger partial charge in [-0.2, -0.15) is 0 Å². The lowest BCUT2D eigenvalue weighted by molar-refractivity contribution is -0.132. The summed E-state index contributed by atoms with van der Waals surface area (Å²) in [6, 6.07) is 0. The first-order valence-corrected chi connectivity index (χ1v) is 5.71. The van der Waals surface area contributed by atoms with Gasteiger partial charge in [0, 0.05) is 18.2 Å². The Morgan fingerprint density at radius 1 is 0.714 bits per heavy atom. The Morgan fingerprint density at radius 3 is 1.14 bits per heavy atom. The third kappa shape index (κ3) is 47.1. The lowest BCUT2D eigenvalue weighted by Gasteiger charge is -1.72. The molecule has 0 aromatic rings. The van der Waals surface area contributed by atoms with Gasteiger partial charge in [0.05, 0.1) is 0 Å². The zero-order valence-electron chi connectivity index (χ0n) is 12.0. The van der Waals surface area contributed by atoms with E-state index in [-0.39, 0.29) is 0 Å². The molecule has 0 bridgehead atoms. The van der Waals surface area contributed by atoms with Crippen LogP contribution in [-0.2, 0) is 14.4 Å². The second-order valence-corrected chi connectivity index (χ2v) is 2.99. The van der Waals surface area contributed by atoms with E-state index in [1.54, 1.807) is 24.3 Å². The molecule has 0 aliphatic heterocycles. The van der Waals surface area contributed by atoms with Crippen LogP contribution in [0.3, 0.4) is 0 Å². The van der Waals surface area contributed by atoms with Crippen molar-refractivity contribution in [1.29, 1.82) is 0 Å². The molecule has 0 aromatic heterocycles. The summed E-state index contributed by atoms with van der Waals surface area (Å²) in [5.74, 6) is -2.81. The molecule has 0 rings (SSSR count). The minimum atomic E-state index is -0.981. The van der Waals surface area contributed by atoms with Crippen molar-refractivity contribution in [1.82, 2.24) is 0 Å². The van der Waals surface area contributed by atoms with E-state index >= 15 is 0 Å². The molecule has 116 valence electrons. The number of aliphatic carboxylic acids is 3. The van der Waals surface area contributed by atoms with Crippen LogP contribution >= 0.6 is 0 Å². The number of allylic oxidation sites excluding steroid dienone is 6. The van der Waals surface area contributed by atoms with Gasteiger partial charge in [-0.25, -0.2) is 14.4 Å². The van der Waals surface area contributed by atoms with Crippen LogP contribution in [-0.4, -0.2) is 33.2 Å². The fourth-order valence-electron chi connectivity index (χ4n) is 0.498. The van der Waals surface area contributed by atoms with Gasteiger partial charge < -0.3 is 15.3 Å². The molecule has 0 aromatic carbocycles. The predicted octanol–water partition coefficient (Wildman–Crippen LogP) is 2.66. The first-order valence-electron chi connectivity index (χ1n) is 5.71. The average molecular weight is 296 g/mol. The third-order valence-electron chi connectivity index (χ3n) is 1.26. The molecule has 0 radical (unpaired) electrons. The Hall–Kier alpha value is -2.89. The molecule has 0 aliphatic rings. The Morgan fingerprint density at radius 2 is 1.00 bits per heavy atom. The standard InChI is InChI=1S/2C6H8O2.C3H4O2/c2*1-2-3-4-5-6(7)8;1-2-3(4)5/h2*2-5H,1H3,(H,7,8);2H,1H2,(H,4,5)/b2*3-2+,5-4+;. The van der Waals surface area contributed by atoms with Gasteiger partial charge in [0.25, 0.3) is 0 Å². The molecule has 0 amide bonds. The largest absolute Gasteiger partial charge is 0.478 e. The molecule has 0 spiro atoms. The Bertz CT molecular complexity index is 395. The maximum absolute atomic E-state index is 9.75. The van der Waals surface area contributed by atoms with E-state index in [0.29, 0.717) is 0 Å². The van der Waals surface area contributed by atoms with E-state index in [4.69, 9.17) is 15.3 Å². The van der Waals surface area contributed by atoms with Crippen molar-refractivity contribution < 1.29 is 29.7 Å². The zero-order chi connectivity index (χ0) is 17.1. The number of carboxylic acids is 3. The molecule has 6 nitrogen and oxygen atoms in total. The van der Waals surface area contributed by atoms with Crippen LogP contribution in [0.4, 0.5) is 0 Å². The second-order valence-electron chi connectivity index (χ2n) is 2.99. The monoisotopic (exact) mass is 296 g/mol. The Kier molecular flexibility index (Phi) is 21.5. The molecule has 21 heavy (non-hydrogen) atoms. The summed E-state index contributed by atoms with van der Waals surface area (Å²) < 4.78 is 0. The molecule has 0 aliphatic carbocycles. The Balaban J connectivity index is -0.000000239. The molecular formula is C15H20O6. The SMILES string of the molecule is C/C=C/C=C/C(=O)O.C/C=C/C=C/C(=O)O.C=CC(=O)O. The maximum Gasteiger partial charge on any atom is 0.328 e. The zero-order valence-corrected chi connectivity index (χ0v) is 12.0. The van der Waals surface area contributed by atoms with Crippen molar-refractivity contribution in [2.45, 2.75) is 13.8 Å². The van der Waals surface area contributed by atoms with Crippen LogP contribution in [0.5, 0.6) is 0 Å². The van der Waals surface area contributed by atoms with E-state index in [0.717, 1.165) is 18.2 Å². The first-order chi connectivity index (χ1) is 9.81. The van der Waals surface area contributed by atoms with Gasteiger partial charge in [-0.3, -0.25) is 0 Å². The molecule has 0 heterocycles. The highest BCUT2D eigenvalue weighted by molar-refractivity contribution is 5.80. The third-order valence-corrected chi connectivity index (χ3v) is 1.26. The van der Waals surface area contributed by atoms with Crippen molar-refractivity contribution in [3.8, 4) is 0 Å². The van der Waals surface area contributed by atoms with Gasteiger partial charge >= 0.3 is 17.9 Å². The minimum Gasteiger partial charge on any atom is -0.478 e. The molecule has 3 N–H and O–H groups in total. The van der Waals surface area contributed by atoms with Crippen LogP contribution in [0, 0.1) is 0 Å². The van der Waals surface area contributed by atoms with E-state index < -0.39 is 17.9 Å². The minimum absolute atomic E-state index is 0.833. The van der Waals surface area contributed by atoms with Crippen molar-refractivity contribution in [2.75, 3.05) is 0 Å². The van der Waals surface area contributed by atoms with Gasteiger partial charge in [-0.05, 0) is 13.8 Å². The van der Waals surface area contributed by atoms with Crippen LogP contribution in [0.25, 0.3) is 0 Å². The number of hydrogen-bond donors (Lipinski definition) is 3. The highest BCUT2D eigenvalue weighted by Gasteiger charge is 1.79. The summed E-state index contributed by atoms with van der Waals surface area (Å²) in [4.78, 5) is 28.8. The smallest absolute Gasteiger partial charge is 0.328 e. The molecule has 0 atom stereocenters. The summed E-state index contributed by atoms with van der Waals surface area (Å²) in [6.07, 6.45) is 12.8. The lowest BCUT2D eigenvalue weighted by atomic mass is 10.4. The van der Waals surface area contributed by atoms with Crippen LogP contribution in [0.15, 0.2) is 61.3 Å². The molecule has 0 saturated carbocycles. The van der Waals surface area contributed by atoms with Gasteiger partial charge in [0.1, 0.15) is 0 Å². The Labute approximate surface area is 123 Å². The van der Waals surface area contributed by atoms with E-state index in [9.17, 15) is 14.4 Å². The summed E-state index contributed by atoms with van der Waals surface area (Å²) in [7, 11) is 0. The van der Waals surface area contributed by atoms with Crippen molar-refractivity contribution >= 4 is 17.9 Å². The fraction of sp³-hybridized carbons (Fsp3) is 0.133.